The van der Waals surface area contributed by atoms with Gasteiger partial charge in [0.1, 0.15) is 0 Å². The fourth-order valence-electron chi connectivity index (χ4n) is 3.06. The van der Waals surface area contributed by atoms with Crippen LogP contribution in [-0.4, -0.2) is 22.9 Å². The van der Waals surface area contributed by atoms with Crippen LogP contribution in [0.15, 0.2) is 36.5 Å². The Bertz CT molecular complexity index is 584. The number of hydrogen-bond donors (Lipinski definition) is 1. The van der Waals surface area contributed by atoms with Crippen LogP contribution in [0.1, 0.15) is 50.8 Å². The molecule has 0 unspecified atom stereocenters. The first-order chi connectivity index (χ1) is 10.1. The number of hydrogen-bond acceptors (Lipinski definition) is 2. The molecule has 0 bridgehead atoms. The number of rotatable bonds is 2. The van der Waals surface area contributed by atoms with Gasteiger partial charge in [0.15, 0.2) is 0 Å². The Hall–Kier alpha value is -1.61. The lowest BCUT2D eigenvalue weighted by Gasteiger charge is -2.24. The molecule has 1 saturated heterocycles. The zero-order valence-corrected chi connectivity index (χ0v) is 13.3. The number of nitrogens with zero attached hydrogens (tertiary/aromatic N) is 2. The van der Waals surface area contributed by atoms with Crippen molar-refractivity contribution in [2.24, 2.45) is 0 Å². The molecule has 0 radical (unpaired) electrons. The van der Waals surface area contributed by atoms with Gasteiger partial charge in [-0.1, -0.05) is 32.9 Å². The molecule has 3 heteroatoms. The minimum atomic E-state index is 0.195. The molecule has 0 atom stereocenters. The van der Waals surface area contributed by atoms with Gasteiger partial charge in [0, 0.05) is 17.8 Å². The van der Waals surface area contributed by atoms with E-state index in [9.17, 15) is 0 Å². The molecule has 2 aromatic rings. The van der Waals surface area contributed by atoms with Gasteiger partial charge in [-0.05, 0) is 55.1 Å². The minimum Gasteiger partial charge on any atom is -0.317 e. The van der Waals surface area contributed by atoms with Gasteiger partial charge in [-0.15, -0.1) is 0 Å². The van der Waals surface area contributed by atoms with Crippen LogP contribution in [-0.2, 0) is 5.41 Å². The molecular formula is C18H25N3. The molecule has 1 aromatic heterocycles. The van der Waals surface area contributed by atoms with Gasteiger partial charge in [-0.25, -0.2) is 4.68 Å². The molecule has 1 N–H and O–H groups in total. The monoisotopic (exact) mass is 283 g/mol. The van der Waals surface area contributed by atoms with E-state index in [1.54, 1.807) is 0 Å². The zero-order chi connectivity index (χ0) is 14.9. The third kappa shape index (κ3) is 3.03. The standard InChI is InChI=1S/C18H25N3/c1-18(2,3)15-4-6-16(7-5-15)21-17(10-13-20-21)14-8-11-19-12-9-14/h4-7,10,13-14,19H,8-9,11-12H2,1-3H3. The largest absolute Gasteiger partial charge is 0.317 e. The maximum Gasteiger partial charge on any atom is 0.0649 e. The van der Waals surface area contributed by atoms with Crippen LogP contribution >= 0.6 is 0 Å². The molecule has 1 aromatic carbocycles. The molecule has 112 valence electrons. The van der Waals surface area contributed by atoms with Crippen molar-refractivity contribution < 1.29 is 0 Å². The Morgan fingerprint density at radius 1 is 1.05 bits per heavy atom. The van der Waals surface area contributed by atoms with E-state index in [0.29, 0.717) is 5.92 Å². The Morgan fingerprint density at radius 3 is 2.33 bits per heavy atom. The summed E-state index contributed by atoms with van der Waals surface area (Å²) >= 11 is 0. The molecule has 1 aliphatic heterocycles. The predicted molar refractivity (Wildman–Crippen MR) is 87.1 cm³/mol. The van der Waals surface area contributed by atoms with Crippen LogP contribution in [0.5, 0.6) is 0 Å². The van der Waals surface area contributed by atoms with Crippen molar-refractivity contribution in [1.82, 2.24) is 15.1 Å². The molecule has 3 nitrogen and oxygen atoms in total. The molecule has 1 aliphatic rings. The fraction of sp³-hybridized carbons (Fsp3) is 0.500. The average molecular weight is 283 g/mol. The summed E-state index contributed by atoms with van der Waals surface area (Å²) in [5, 5.41) is 7.98. The highest BCUT2D eigenvalue weighted by molar-refractivity contribution is 5.38. The highest BCUT2D eigenvalue weighted by atomic mass is 15.3. The van der Waals surface area contributed by atoms with Crippen molar-refractivity contribution in [1.29, 1.82) is 0 Å². The smallest absolute Gasteiger partial charge is 0.0649 e. The molecular weight excluding hydrogens is 258 g/mol. The molecule has 21 heavy (non-hydrogen) atoms. The predicted octanol–water partition coefficient (Wildman–Crippen LogP) is 3.64. The molecule has 2 heterocycles. The number of benzene rings is 1. The van der Waals surface area contributed by atoms with Crippen molar-refractivity contribution in [2.75, 3.05) is 13.1 Å². The van der Waals surface area contributed by atoms with Gasteiger partial charge in [-0.2, -0.15) is 5.10 Å². The van der Waals surface area contributed by atoms with E-state index >= 15 is 0 Å². The summed E-state index contributed by atoms with van der Waals surface area (Å²) in [7, 11) is 0. The molecule has 1 fully saturated rings. The molecule has 0 spiro atoms. The Labute approximate surface area is 127 Å². The summed E-state index contributed by atoms with van der Waals surface area (Å²) in [6.45, 7) is 8.96. The summed E-state index contributed by atoms with van der Waals surface area (Å²) in [6.07, 6.45) is 4.33. The van der Waals surface area contributed by atoms with Crippen molar-refractivity contribution >= 4 is 0 Å². The van der Waals surface area contributed by atoms with Gasteiger partial charge in [-0.3, -0.25) is 0 Å². The topological polar surface area (TPSA) is 29.9 Å². The first-order valence-corrected chi connectivity index (χ1v) is 7.91. The lowest BCUT2D eigenvalue weighted by Crippen LogP contribution is -2.27. The van der Waals surface area contributed by atoms with Gasteiger partial charge in [0.05, 0.1) is 5.69 Å². The van der Waals surface area contributed by atoms with Crippen LogP contribution in [0.25, 0.3) is 5.69 Å². The van der Waals surface area contributed by atoms with Gasteiger partial charge in [0.25, 0.3) is 0 Å². The maximum absolute atomic E-state index is 4.55. The van der Waals surface area contributed by atoms with Crippen LogP contribution in [0.3, 0.4) is 0 Å². The lowest BCUT2D eigenvalue weighted by molar-refractivity contribution is 0.446. The quantitative estimate of drug-likeness (QED) is 0.912. The summed E-state index contributed by atoms with van der Waals surface area (Å²) in [5.74, 6) is 0.621. The lowest BCUT2D eigenvalue weighted by atomic mass is 9.87. The van der Waals surface area contributed by atoms with E-state index in [4.69, 9.17) is 0 Å². The van der Waals surface area contributed by atoms with E-state index < -0.39 is 0 Å². The second kappa shape index (κ2) is 5.64. The van der Waals surface area contributed by atoms with Crippen LogP contribution in [0.4, 0.5) is 0 Å². The number of piperidine rings is 1. The van der Waals surface area contributed by atoms with Crippen molar-refractivity contribution in [3.8, 4) is 5.69 Å². The summed E-state index contributed by atoms with van der Waals surface area (Å²) in [4.78, 5) is 0. The SMILES string of the molecule is CC(C)(C)c1ccc(-n2nccc2C2CCNCC2)cc1. The second-order valence-electron chi connectivity index (χ2n) is 6.99. The normalized spacial score (nSPS) is 17.1. The number of nitrogens with one attached hydrogen (secondary N) is 1. The van der Waals surface area contributed by atoms with E-state index in [2.05, 4.69) is 66.2 Å². The third-order valence-electron chi connectivity index (χ3n) is 4.41. The van der Waals surface area contributed by atoms with E-state index in [1.165, 1.54) is 29.8 Å². The van der Waals surface area contributed by atoms with Gasteiger partial charge < -0.3 is 5.32 Å². The Balaban J connectivity index is 1.89. The van der Waals surface area contributed by atoms with Gasteiger partial charge >= 0.3 is 0 Å². The van der Waals surface area contributed by atoms with E-state index in [0.717, 1.165) is 13.1 Å². The second-order valence-corrected chi connectivity index (χ2v) is 6.99. The first kappa shape index (κ1) is 14.3. The molecule has 0 saturated carbocycles. The Kier molecular flexibility index (Phi) is 3.85. The first-order valence-electron chi connectivity index (χ1n) is 7.91. The van der Waals surface area contributed by atoms with Crippen molar-refractivity contribution in [3.63, 3.8) is 0 Å². The average Bonchev–Trinajstić information content (AvgIpc) is 2.97. The highest BCUT2D eigenvalue weighted by Gasteiger charge is 2.20. The Morgan fingerprint density at radius 2 is 1.71 bits per heavy atom. The summed E-state index contributed by atoms with van der Waals surface area (Å²) < 4.78 is 2.11. The van der Waals surface area contributed by atoms with E-state index in [-0.39, 0.29) is 5.41 Å². The maximum atomic E-state index is 4.55. The van der Waals surface area contributed by atoms with E-state index in [1.807, 2.05) is 6.20 Å². The summed E-state index contributed by atoms with van der Waals surface area (Å²) in [6, 6.07) is 11.0. The van der Waals surface area contributed by atoms with Gasteiger partial charge in [0.2, 0.25) is 0 Å². The molecule has 0 aliphatic carbocycles. The van der Waals surface area contributed by atoms with Crippen molar-refractivity contribution in [3.05, 3.63) is 47.8 Å². The zero-order valence-electron chi connectivity index (χ0n) is 13.3. The fourth-order valence-corrected chi connectivity index (χ4v) is 3.06. The highest BCUT2D eigenvalue weighted by Crippen LogP contribution is 2.28. The van der Waals surface area contributed by atoms with Crippen LogP contribution in [0, 0.1) is 0 Å². The molecule has 3 rings (SSSR count). The number of aromatic nitrogens is 2. The van der Waals surface area contributed by atoms with Crippen molar-refractivity contribution in [2.45, 2.75) is 44.9 Å². The van der Waals surface area contributed by atoms with Crippen LogP contribution in [0.2, 0.25) is 0 Å². The molecule has 0 amide bonds. The third-order valence-corrected chi connectivity index (χ3v) is 4.41. The minimum absolute atomic E-state index is 0.195. The summed E-state index contributed by atoms with van der Waals surface area (Å²) in [5.41, 5.74) is 4.07. The van der Waals surface area contributed by atoms with Crippen LogP contribution < -0.4 is 5.32 Å².